The Labute approximate surface area is 171 Å². The summed E-state index contributed by atoms with van der Waals surface area (Å²) in [5, 5.41) is 13.5. The van der Waals surface area contributed by atoms with Crippen molar-refractivity contribution in [2.24, 2.45) is 0 Å². The predicted octanol–water partition coefficient (Wildman–Crippen LogP) is 4.86. The molecule has 3 aromatic rings. The van der Waals surface area contributed by atoms with E-state index in [1.165, 1.54) is 25.3 Å². The van der Waals surface area contributed by atoms with Crippen LogP contribution in [0.25, 0.3) is 10.9 Å². The van der Waals surface area contributed by atoms with Crippen LogP contribution in [0.2, 0.25) is 10.0 Å². The summed E-state index contributed by atoms with van der Waals surface area (Å²) in [6.07, 6.45) is -5.24. The van der Waals surface area contributed by atoms with Gasteiger partial charge in [-0.05, 0) is 24.3 Å². The summed E-state index contributed by atoms with van der Waals surface area (Å²) >= 11 is 11.8. The third-order valence-corrected chi connectivity index (χ3v) is 4.31. The van der Waals surface area contributed by atoms with Gasteiger partial charge in [0.2, 0.25) is 0 Å². The van der Waals surface area contributed by atoms with Gasteiger partial charge in [-0.25, -0.2) is 4.79 Å². The summed E-state index contributed by atoms with van der Waals surface area (Å²) in [6, 6.07) is 6.11. The minimum atomic E-state index is -5.24. The summed E-state index contributed by atoms with van der Waals surface area (Å²) in [5.74, 6) is -2.78. The maximum atomic E-state index is 12.5. The highest BCUT2D eigenvalue weighted by molar-refractivity contribution is 6.42. The van der Waals surface area contributed by atoms with Crippen molar-refractivity contribution in [3.05, 3.63) is 40.4 Å². The predicted molar refractivity (Wildman–Crippen MR) is 99.2 cm³/mol. The van der Waals surface area contributed by atoms with E-state index in [0.717, 1.165) is 6.07 Å². The second-order valence-electron chi connectivity index (χ2n) is 5.54. The third-order valence-electron chi connectivity index (χ3n) is 3.57. The number of hydrogen-bond acceptors (Lipinski definition) is 7. The van der Waals surface area contributed by atoms with Crippen molar-refractivity contribution >= 4 is 51.6 Å². The summed E-state index contributed by atoms with van der Waals surface area (Å²) in [7, 11) is 1.31. The number of ether oxygens (including phenoxy) is 2. The van der Waals surface area contributed by atoms with Crippen molar-refractivity contribution in [3.63, 3.8) is 0 Å². The number of phenols is 1. The number of alkyl halides is 3. The van der Waals surface area contributed by atoms with Gasteiger partial charge in [0.25, 0.3) is 0 Å². The number of benzene rings is 2. The van der Waals surface area contributed by atoms with Crippen LogP contribution < -0.4 is 14.8 Å². The molecule has 0 amide bonds. The SMILES string of the molecule is COc1cc2c(Nc3ccc(Cl)c(Cl)c3)nc(OC(=O)C(F)(F)F)nc2cc1O. The molecule has 0 radical (unpaired) electrons. The summed E-state index contributed by atoms with van der Waals surface area (Å²) < 4.78 is 46.8. The molecule has 1 aromatic heterocycles. The standard InChI is InChI=1S/C17H10Cl2F3N3O4/c1-28-13-5-8-11(6-12(13)26)24-16(29-15(27)17(20,21)22)25-14(8)23-7-2-3-9(18)10(19)4-7/h2-6,26H,1H3,(H,23,24,25). The second-order valence-corrected chi connectivity index (χ2v) is 6.35. The van der Waals surface area contributed by atoms with Crippen LogP contribution in [0, 0.1) is 0 Å². The Morgan fingerprint density at radius 3 is 2.48 bits per heavy atom. The number of methoxy groups -OCH3 is 1. The number of phenolic OH excluding ortho intramolecular Hbond substituents is 1. The van der Waals surface area contributed by atoms with Gasteiger partial charge in [0.05, 0.1) is 22.7 Å². The number of aromatic nitrogens is 2. The minimum absolute atomic E-state index is 0.00849. The van der Waals surface area contributed by atoms with E-state index in [1.807, 2.05) is 0 Å². The van der Waals surface area contributed by atoms with Crippen molar-refractivity contribution in [1.29, 1.82) is 0 Å². The first-order valence-corrected chi connectivity index (χ1v) is 8.44. The molecule has 0 aliphatic heterocycles. The second kappa shape index (κ2) is 7.80. The van der Waals surface area contributed by atoms with Crippen LogP contribution in [0.5, 0.6) is 17.5 Å². The van der Waals surface area contributed by atoms with Crippen molar-refractivity contribution in [2.75, 3.05) is 12.4 Å². The topological polar surface area (TPSA) is 93.6 Å². The van der Waals surface area contributed by atoms with Crippen LogP contribution in [-0.2, 0) is 4.79 Å². The van der Waals surface area contributed by atoms with Gasteiger partial charge in [0.15, 0.2) is 11.5 Å². The molecule has 3 rings (SSSR count). The molecule has 0 unspecified atom stereocenters. The molecule has 7 nitrogen and oxygen atoms in total. The molecule has 0 saturated heterocycles. The molecular formula is C17H10Cl2F3N3O4. The van der Waals surface area contributed by atoms with Gasteiger partial charge in [-0.15, -0.1) is 0 Å². The zero-order chi connectivity index (χ0) is 21.3. The Kier molecular flexibility index (Phi) is 5.58. The lowest BCUT2D eigenvalue weighted by atomic mass is 10.2. The minimum Gasteiger partial charge on any atom is -0.504 e. The number of rotatable bonds is 4. The van der Waals surface area contributed by atoms with Gasteiger partial charge in [0.1, 0.15) is 5.82 Å². The number of esters is 1. The lowest BCUT2D eigenvalue weighted by Gasteiger charge is -2.13. The Bertz CT molecular complexity index is 1110. The van der Waals surface area contributed by atoms with E-state index in [2.05, 4.69) is 20.0 Å². The number of hydrogen-bond donors (Lipinski definition) is 2. The molecule has 0 aliphatic carbocycles. The number of nitrogens with one attached hydrogen (secondary N) is 1. The molecule has 152 valence electrons. The Balaban J connectivity index is 2.12. The molecule has 29 heavy (non-hydrogen) atoms. The van der Waals surface area contributed by atoms with Gasteiger partial charge in [-0.1, -0.05) is 23.2 Å². The third kappa shape index (κ3) is 4.54. The van der Waals surface area contributed by atoms with Gasteiger partial charge in [-0.3, -0.25) is 0 Å². The van der Waals surface area contributed by atoms with Crippen molar-refractivity contribution < 1.29 is 32.5 Å². The maximum absolute atomic E-state index is 12.5. The molecule has 0 atom stereocenters. The van der Waals surface area contributed by atoms with Crippen molar-refractivity contribution in [3.8, 4) is 17.5 Å². The molecule has 12 heteroatoms. The normalized spacial score (nSPS) is 11.4. The number of anilines is 2. The van der Waals surface area contributed by atoms with Gasteiger partial charge in [0, 0.05) is 17.1 Å². The first kappa shape index (κ1) is 20.7. The number of carbonyl (C=O) groups is 1. The monoisotopic (exact) mass is 447 g/mol. The Morgan fingerprint density at radius 2 is 1.86 bits per heavy atom. The van der Waals surface area contributed by atoms with Crippen LogP contribution in [-0.4, -0.2) is 34.3 Å². The average molecular weight is 448 g/mol. The molecule has 0 spiro atoms. The molecule has 1 heterocycles. The zero-order valence-electron chi connectivity index (χ0n) is 14.3. The van der Waals surface area contributed by atoms with Gasteiger partial charge < -0.3 is 19.9 Å². The molecular weight excluding hydrogens is 438 g/mol. The molecule has 2 aromatic carbocycles. The lowest BCUT2D eigenvalue weighted by Crippen LogP contribution is -2.28. The number of aromatic hydroxyl groups is 1. The first-order chi connectivity index (χ1) is 13.6. The maximum Gasteiger partial charge on any atom is 0.491 e. The van der Waals surface area contributed by atoms with Crippen LogP contribution in [0.3, 0.4) is 0 Å². The van der Waals surface area contributed by atoms with Crippen molar-refractivity contribution in [2.45, 2.75) is 6.18 Å². The molecule has 0 fully saturated rings. The number of nitrogens with zero attached hydrogens (tertiary/aromatic N) is 2. The van der Waals surface area contributed by atoms with Gasteiger partial charge in [-0.2, -0.15) is 23.1 Å². The Morgan fingerprint density at radius 1 is 1.14 bits per heavy atom. The van der Waals surface area contributed by atoms with Crippen LogP contribution >= 0.6 is 23.2 Å². The van der Waals surface area contributed by atoms with E-state index < -0.39 is 18.2 Å². The molecule has 0 saturated carbocycles. The quantitative estimate of drug-likeness (QED) is 0.551. The fraction of sp³-hybridized carbons (Fsp3) is 0.118. The van der Waals surface area contributed by atoms with E-state index in [-0.39, 0.29) is 38.3 Å². The van der Waals surface area contributed by atoms with E-state index >= 15 is 0 Å². The molecule has 0 bridgehead atoms. The highest BCUT2D eigenvalue weighted by Gasteiger charge is 2.42. The smallest absolute Gasteiger partial charge is 0.491 e. The van der Waals surface area contributed by atoms with Crippen LogP contribution in [0.4, 0.5) is 24.7 Å². The molecule has 0 aliphatic rings. The molecule has 2 N–H and O–H groups in total. The van der Waals surface area contributed by atoms with Crippen molar-refractivity contribution in [1.82, 2.24) is 9.97 Å². The Hall–Kier alpha value is -2.98. The summed E-state index contributed by atoms with van der Waals surface area (Å²) in [4.78, 5) is 18.7. The lowest BCUT2D eigenvalue weighted by molar-refractivity contribution is -0.190. The first-order valence-electron chi connectivity index (χ1n) is 7.68. The summed E-state index contributed by atoms with van der Waals surface area (Å²) in [6.45, 7) is 0. The summed E-state index contributed by atoms with van der Waals surface area (Å²) in [5.41, 5.74) is 0.380. The highest BCUT2D eigenvalue weighted by Crippen LogP contribution is 2.36. The largest absolute Gasteiger partial charge is 0.504 e. The number of halogens is 5. The fourth-order valence-corrected chi connectivity index (χ4v) is 2.58. The highest BCUT2D eigenvalue weighted by atomic mass is 35.5. The van der Waals surface area contributed by atoms with Crippen LogP contribution in [0.1, 0.15) is 0 Å². The van der Waals surface area contributed by atoms with E-state index in [0.29, 0.717) is 5.69 Å². The zero-order valence-corrected chi connectivity index (χ0v) is 15.9. The van der Waals surface area contributed by atoms with E-state index in [1.54, 1.807) is 6.07 Å². The van der Waals surface area contributed by atoms with Gasteiger partial charge >= 0.3 is 18.2 Å². The van der Waals surface area contributed by atoms with E-state index in [4.69, 9.17) is 27.9 Å². The van der Waals surface area contributed by atoms with E-state index in [9.17, 15) is 23.1 Å². The fourth-order valence-electron chi connectivity index (χ4n) is 2.28. The average Bonchev–Trinajstić information content (AvgIpc) is 2.63. The number of carbonyl (C=O) groups excluding carboxylic acids is 1. The number of fused-ring (bicyclic) bond motifs is 1. The van der Waals surface area contributed by atoms with Crippen LogP contribution in [0.15, 0.2) is 30.3 Å².